The fourth-order valence-corrected chi connectivity index (χ4v) is 2.50. The van der Waals surface area contributed by atoms with Crippen molar-refractivity contribution in [3.05, 3.63) is 45.4 Å². The summed E-state index contributed by atoms with van der Waals surface area (Å²) in [5, 5.41) is 12.0. The van der Waals surface area contributed by atoms with Gasteiger partial charge in [0.05, 0.1) is 4.34 Å². The molecule has 0 saturated carbocycles. The van der Waals surface area contributed by atoms with Crippen molar-refractivity contribution in [2.75, 3.05) is 11.9 Å². The third kappa shape index (κ3) is 3.45. The Morgan fingerprint density at radius 2 is 2.29 bits per heavy atom. The molecule has 0 aliphatic rings. The molecule has 0 saturated heterocycles. The van der Waals surface area contributed by atoms with Gasteiger partial charge in [0.15, 0.2) is 0 Å². The van der Waals surface area contributed by atoms with Crippen LogP contribution in [0.2, 0.25) is 4.34 Å². The van der Waals surface area contributed by atoms with Crippen LogP contribution in [0.25, 0.3) is 0 Å². The van der Waals surface area contributed by atoms with Gasteiger partial charge in [-0.1, -0.05) is 11.6 Å². The fourth-order valence-electron chi connectivity index (χ4n) is 1.42. The average Bonchev–Trinajstić information content (AvgIpc) is 2.75. The van der Waals surface area contributed by atoms with Crippen molar-refractivity contribution >= 4 is 28.6 Å². The van der Waals surface area contributed by atoms with Gasteiger partial charge in [-0.2, -0.15) is 5.26 Å². The van der Waals surface area contributed by atoms with Crippen LogP contribution in [0.15, 0.2) is 30.5 Å². The predicted octanol–water partition coefficient (Wildman–Crippen LogP) is 3.32. The van der Waals surface area contributed by atoms with Crippen molar-refractivity contribution in [2.45, 2.75) is 6.42 Å². The number of thiophene rings is 1. The molecule has 0 radical (unpaired) electrons. The number of nitrogens with zero attached hydrogens (tertiary/aromatic N) is 2. The summed E-state index contributed by atoms with van der Waals surface area (Å²) in [4.78, 5) is 5.16. The van der Waals surface area contributed by atoms with Crippen molar-refractivity contribution in [3.8, 4) is 6.07 Å². The average molecular weight is 264 g/mol. The Morgan fingerprint density at radius 3 is 3.00 bits per heavy atom. The Kier molecular flexibility index (Phi) is 3.97. The van der Waals surface area contributed by atoms with Gasteiger partial charge in [-0.05, 0) is 30.7 Å². The van der Waals surface area contributed by atoms with E-state index in [9.17, 15) is 0 Å². The van der Waals surface area contributed by atoms with Crippen LogP contribution in [0.3, 0.4) is 0 Å². The van der Waals surface area contributed by atoms with Crippen molar-refractivity contribution in [1.29, 1.82) is 5.26 Å². The number of halogens is 1. The Bertz CT molecular complexity index is 545. The topological polar surface area (TPSA) is 48.7 Å². The Labute approximate surface area is 109 Å². The van der Waals surface area contributed by atoms with E-state index in [1.807, 2.05) is 24.3 Å². The van der Waals surface area contributed by atoms with Crippen LogP contribution in [-0.4, -0.2) is 11.5 Å². The summed E-state index contributed by atoms with van der Waals surface area (Å²) in [6, 6.07) is 9.53. The number of anilines is 1. The molecule has 5 heteroatoms. The number of rotatable bonds is 4. The van der Waals surface area contributed by atoms with E-state index in [0.29, 0.717) is 5.69 Å². The van der Waals surface area contributed by atoms with Gasteiger partial charge in [0.1, 0.15) is 11.8 Å². The molecule has 0 aliphatic heterocycles. The van der Waals surface area contributed by atoms with E-state index in [1.54, 1.807) is 23.6 Å². The maximum Gasteiger partial charge on any atom is 0.142 e. The number of aromatic nitrogens is 1. The van der Waals surface area contributed by atoms with E-state index >= 15 is 0 Å². The number of pyridine rings is 1. The number of nitrogens with one attached hydrogen (secondary N) is 1. The molecule has 17 heavy (non-hydrogen) atoms. The quantitative estimate of drug-likeness (QED) is 0.921. The van der Waals surface area contributed by atoms with Crippen molar-refractivity contribution < 1.29 is 0 Å². The maximum atomic E-state index is 8.71. The molecular formula is C12H10ClN3S. The Balaban J connectivity index is 1.88. The molecule has 0 unspecified atom stereocenters. The fraction of sp³-hybridized carbons (Fsp3) is 0.167. The predicted molar refractivity (Wildman–Crippen MR) is 70.5 cm³/mol. The molecule has 0 fully saturated rings. The van der Waals surface area contributed by atoms with Gasteiger partial charge in [0, 0.05) is 23.3 Å². The zero-order valence-electron chi connectivity index (χ0n) is 8.98. The van der Waals surface area contributed by atoms with E-state index in [-0.39, 0.29) is 0 Å². The van der Waals surface area contributed by atoms with Crippen LogP contribution in [0.4, 0.5) is 5.69 Å². The van der Waals surface area contributed by atoms with Gasteiger partial charge in [-0.3, -0.25) is 0 Å². The number of hydrogen-bond donors (Lipinski definition) is 1. The minimum absolute atomic E-state index is 0.425. The highest BCUT2D eigenvalue weighted by Crippen LogP contribution is 2.21. The third-order valence-electron chi connectivity index (χ3n) is 2.20. The maximum absolute atomic E-state index is 8.71. The number of nitriles is 1. The standard InChI is InChI=1S/C12H10ClN3S/c13-12-2-1-11(17-12)4-6-15-9-3-5-16-10(7-9)8-14/h1-3,5,7H,4,6H2,(H,15,16). The summed E-state index contributed by atoms with van der Waals surface area (Å²) >= 11 is 7.44. The second-order valence-electron chi connectivity index (χ2n) is 3.42. The molecule has 2 heterocycles. The lowest BCUT2D eigenvalue weighted by Gasteiger charge is -2.04. The largest absolute Gasteiger partial charge is 0.385 e. The van der Waals surface area contributed by atoms with Crippen LogP contribution >= 0.6 is 22.9 Å². The molecule has 0 bridgehead atoms. The normalized spacial score (nSPS) is 9.88. The number of hydrogen-bond acceptors (Lipinski definition) is 4. The van der Waals surface area contributed by atoms with E-state index < -0.39 is 0 Å². The van der Waals surface area contributed by atoms with Gasteiger partial charge < -0.3 is 5.32 Å². The van der Waals surface area contributed by atoms with E-state index in [4.69, 9.17) is 16.9 Å². The summed E-state index contributed by atoms with van der Waals surface area (Å²) in [6.45, 7) is 0.811. The SMILES string of the molecule is N#Cc1cc(NCCc2ccc(Cl)s2)ccn1. The molecule has 2 aromatic heterocycles. The highest BCUT2D eigenvalue weighted by Gasteiger charge is 1.99. The van der Waals surface area contributed by atoms with E-state index in [1.165, 1.54) is 4.88 Å². The monoisotopic (exact) mass is 263 g/mol. The van der Waals surface area contributed by atoms with Crippen LogP contribution < -0.4 is 5.32 Å². The second-order valence-corrected chi connectivity index (χ2v) is 5.22. The Morgan fingerprint density at radius 1 is 1.41 bits per heavy atom. The summed E-state index contributed by atoms with van der Waals surface area (Å²) in [5.74, 6) is 0. The first-order valence-corrected chi connectivity index (χ1v) is 6.31. The second kappa shape index (κ2) is 5.67. The molecule has 0 spiro atoms. The Hall–Kier alpha value is -1.57. The van der Waals surface area contributed by atoms with Crippen molar-refractivity contribution in [2.24, 2.45) is 0 Å². The summed E-state index contributed by atoms with van der Waals surface area (Å²) in [6.07, 6.45) is 2.55. The molecule has 0 aliphatic carbocycles. The van der Waals surface area contributed by atoms with E-state index in [0.717, 1.165) is 23.0 Å². The molecule has 3 nitrogen and oxygen atoms in total. The zero-order valence-corrected chi connectivity index (χ0v) is 10.6. The van der Waals surface area contributed by atoms with Gasteiger partial charge in [-0.15, -0.1) is 11.3 Å². The first-order chi connectivity index (χ1) is 8.28. The molecule has 2 rings (SSSR count). The zero-order chi connectivity index (χ0) is 12.1. The van der Waals surface area contributed by atoms with Crippen LogP contribution in [0.5, 0.6) is 0 Å². The van der Waals surface area contributed by atoms with Crippen LogP contribution in [0, 0.1) is 11.3 Å². The summed E-state index contributed by atoms with van der Waals surface area (Å²) < 4.78 is 0.815. The minimum Gasteiger partial charge on any atom is -0.385 e. The van der Waals surface area contributed by atoms with Crippen molar-refractivity contribution in [1.82, 2.24) is 4.98 Å². The molecule has 0 aromatic carbocycles. The van der Waals surface area contributed by atoms with E-state index in [2.05, 4.69) is 10.3 Å². The smallest absolute Gasteiger partial charge is 0.142 e. The van der Waals surface area contributed by atoms with Gasteiger partial charge in [0.25, 0.3) is 0 Å². The summed E-state index contributed by atoms with van der Waals surface area (Å²) in [5.41, 5.74) is 1.34. The molecule has 86 valence electrons. The molecule has 0 atom stereocenters. The van der Waals surface area contributed by atoms with Crippen LogP contribution in [0.1, 0.15) is 10.6 Å². The molecule has 1 N–H and O–H groups in total. The van der Waals surface area contributed by atoms with Gasteiger partial charge in [-0.25, -0.2) is 4.98 Å². The first kappa shape index (κ1) is 11.9. The van der Waals surface area contributed by atoms with Gasteiger partial charge in [0.2, 0.25) is 0 Å². The first-order valence-electron chi connectivity index (χ1n) is 5.12. The highest BCUT2D eigenvalue weighted by atomic mass is 35.5. The minimum atomic E-state index is 0.425. The lowest BCUT2D eigenvalue weighted by atomic mass is 10.3. The lowest BCUT2D eigenvalue weighted by molar-refractivity contribution is 1.04. The summed E-state index contributed by atoms with van der Waals surface area (Å²) in [7, 11) is 0. The third-order valence-corrected chi connectivity index (χ3v) is 3.49. The lowest BCUT2D eigenvalue weighted by Crippen LogP contribution is -2.04. The van der Waals surface area contributed by atoms with Crippen LogP contribution in [-0.2, 0) is 6.42 Å². The van der Waals surface area contributed by atoms with Crippen molar-refractivity contribution in [3.63, 3.8) is 0 Å². The molecule has 0 amide bonds. The molecule has 2 aromatic rings. The molecular weight excluding hydrogens is 254 g/mol. The highest BCUT2D eigenvalue weighted by molar-refractivity contribution is 7.16. The van der Waals surface area contributed by atoms with Gasteiger partial charge >= 0.3 is 0 Å².